The summed E-state index contributed by atoms with van der Waals surface area (Å²) in [6.45, 7) is 1.18. The Balaban J connectivity index is 2.89. The van der Waals surface area contributed by atoms with Crippen LogP contribution in [0.1, 0.15) is 6.92 Å². The van der Waals surface area contributed by atoms with Gasteiger partial charge < -0.3 is 10.6 Å². The van der Waals surface area contributed by atoms with Gasteiger partial charge in [0.15, 0.2) is 0 Å². The van der Waals surface area contributed by atoms with E-state index in [0.717, 1.165) is 12.1 Å². The highest BCUT2D eigenvalue weighted by Crippen LogP contribution is 2.36. The van der Waals surface area contributed by atoms with Crippen molar-refractivity contribution in [1.29, 1.82) is 0 Å². The smallest absolute Gasteiger partial charge is 0.326 e. The Morgan fingerprint density at radius 3 is 1.95 bits per heavy atom. The fourth-order valence-corrected chi connectivity index (χ4v) is 1.22. The van der Waals surface area contributed by atoms with Crippen LogP contribution in [0.15, 0.2) is 24.3 Å². The average molecular weight is 296 g/mol. The molecule has 2 amide bonds. The number of carbonyl (C=O) groups is 2. The van der Waals surface area contributed by atoms with E-state index >= 15 is 0 Å². The van der Waals surface area contributed by atoms with Crippen molar-refractivity contribution in [2.75, 3.05) is 10.6 Å². The summed E-state index contributed by atoms with van der Waals surface area (Å²) in [6, 6.07) is 4.80. The van der Waals surface area contributed by atoms with Crippen molar-refractivity contribution in [3.05, 3.63) is 24.3 Å². The van der Waals surface area contributed by atoms with Gasteiger partial charge in [0.05, 0.1) is 0 Å². The van der Waals surface area contributed by atoms with Crippen molar-refractivity contribution in [3.63, 3.8) is 0 Å². The predicted molar refractivity (Wildman–Crippen MR) is 60.4 cm³/mol. The fraction of sp³-hybridized carbons (Fsp3) is 0.273. The molecule has 9 heteroatoms. The third-order valence-electron chi connectivity index (χ3n) is 2.08. The molecule has 0 heterocycles. The molecule has 0 aliphatic carbocycles. The summed E-state index contributed by atoms with van der Waals surface area (Å²) in [5, 5.41) is 3.73. The first-order valence-corrected chi connectivity index (χ1v) is 5.17. The molecule has 0 saturated carbocycles. The zero-order valence-electron chi connectivity index (χ0n) is 10.0. The van der Waals surface area contributed by atoms with E-state index in [0.29, 0.717) is 0 Å². The summed E-state index contributed by atoms with van der Waals surface area (Å²) in [6.07, 6.45) is -5.98. The van der Waals surface area contributed by atoms with Gasteiger partial charge in [-0.25, -0.2) is 0 Å². The highest BCUT2D eigenvalue weighted by atomic mass is 19.4. The molecule has 2 N–H and O–H groups in total. The Morgan fingerprint density at radius 1 is 1.00 bits per heavy atom. The second-order valence-electron chi connectivity index (χ2n) is 3.79. The molecule has 0 aromatic heterocycles. The lowest BCUT2D eigenvalue weighted by Gasteiger charge is -2.18. The van der Waals surface area contributed by atoms with Gasteiger partial charge in [-0.2, -0.15) is 22.0 Å². The maximum absolute atomic E-state index is 12.7. The van der Waals surface area contributed by atoms with Crippen LogP contribution in [0.4, 0.5) is 33.3 Å². The average Bonchev–Trinajstić information content (AvgIpc) is 2.26. The standard InChI is InChI=1S/C11H9F5N2O2/c1-6(19)17-7-3-2-4-8(5-7)18-9(20)10(12,13)11(14,15)16/h2-5H,1H3,(H,17,19)(H,18,20). The first kappa shape index (κ1) is 15.9. The second kappa shape index (κ2) is 5.43. The minimum Gasteiger partial charge on any atom is -0.326 e. The third-order valence-corrected chi connectivity index (χ3v) is 2.08. The molecule has 0 radical (unpaired) electrons. The summed E-state index contributed by atoms with van der Waals surface area (Å²) in [5.41, 5.74) is -0.157. The quantitative estimate of drug-likeness (QED) is 0.843. The van der Waals surface area contributed by atoms with Gasteiger partial charge in [0, 0.05) is 18.3 Å². The zero-order valence-corrected chi connectivity index (χ0v) is 10.0. The number of halogens is 5. The first-order chi connectivity index (χ1) is 9.04. The molecule has 1 aromatic carbocycles. The molecule has 0 bridgehead atoms. The molecule has 0 spiro atoms. The number of hydrogen-bond acceptors (Lipinski definition) is 2. The molecule has 0 atom stereocenters. The molecule has 0 fully saturated rings. The van der Waals surface area contributed by atoms with Gasteiger partial charge in [-0.05, 0) is 18.2 Å². The Bertz CT molecular complexity index is 528. The van der Waals surface area contributed by atoms with Crippen LogP contribution in [0, 0.1) is 0 Å². The largest absolute Gasteiger partial charge is 0.463 e. The van der Waals surface area contributed by atoms with Gasteiger partial charge in [0.25, 0.3) is 0 Å². The molecule has 110 valence electrons. The van der Waals surface area contributed by atoms with Gasteiger partial charge in [-0.3, -0.25) is 9.59 Å². The number of hydrogen-bond donors (Lipinski definition) is 2. The topological polar surface area (TPSA) is 58.2 Å². The highest BCUT2D eigenvalue weighted by Gasteiger charge is 2.63. The molecule has 20 heavy (non-hydrogen) atoms. The maximum atomic E-state index is 12.7. The number of nitrogens with one attached hydrogen (secondary N) is 2. The van der Waals surface area contributed by atoms with Crippen molar-refractivity contribution in [2.24, 2.45) is 0 Å². The van der Waals surface area contributed by atoms with Gasteiger partial charge in [-0.1, -0.05) is 6.07 Å². The SMILES string of the molecule is CC(=O)Nc1cccc(NC(=O)C(F)(F)C(F)(F)F)c1. The maximum Gasteiger partial charge on any atom is 0.463 e. The first-order valence-electron chi connectivity index (χ1n) is 5.17. The van der Waals surface area contributed by atoms with Crippen molar-refractivity contribution in [1.82, 2.24) is 0 Å². The predicted octanol–water partition coefficient (Wildman–Crippen LogP) is 2.78. The second-order valence-corrected chi connectivity index (χ2v) is 3.79. The summed E-state index contributed by atoms with van der Waals surface area (Å²) < 4.78 is 61.3. The van der Waals surface area contributed by atoms with E-state index in [-0.39, 0.29) is 11.4 Å². The summed E-state index contributed by atoms with van der Waals surface area (Å²) >= 11 is 0. The van der Waals surface area contributed by atoms with E-state index < -0.39 is 23.9 Å². The van der Waals surface area contributed by atoms with E-state index in [1.807, 2.05) is 0 Å². The molecule has 0 aliphatic heterocycles. The van der Waals surface area contributed by atoms with Crippen molar-refractivity contribution < 1.29 is 31.5 Å². The molecular weight excluding hydrogens is 287 g/mol. The summed E-state index contributed by atoms with van der Waals surface area (Å²) in [7, 11) is 0. The van der Waals surface area contributed by atoms with Crippen LogP contribution in [0.5, 0.6) is 0 Å². The Kier molecular flexibility index (Phi) is 4.31. The Hall–Kier alpha value is -2.19. The molecule has 0 saturated heterocycles. The van der Waals surface area contributed by atoms with Crippen LogP contribution >= 0.6 is 0 Å². The molecular formula is C11H9F5N2O2. The minimum atomic E-state index is -5.98. The van der Waals surface area contributed by atoms with E-state index in [1.54, 1.807) is 0 Å². The van der Waals surface area contributed by atoms with Crippen molar-refractivity contribution in [3.8, 4) is 0 Å². The fourth-order valence-electron chi connectivity index (χ4n) is 1.22. The minimum absolute atomic E-state index is 0.144. The van der Waals surface area contributed by atoms with Crippen molar-refractivity contribution in [2.45, 2.75) is 19.0 Å². The highest BCUT2D eigenvalue weighted by molar-refractivity contribution is 5.97. The van der Waals surface area contributed by atoms with E-state index in [9.17, 15) is 31.5 Å². The number of rotatable bonds is 3. The molecule has 1 rings (SSSR count). The molecule has 0 unspecified atom stereocenters. The number of benzene rings is 1. The molecule has 0 aliphatic rings. The number of anilines is 2. The monoisotopic (exact) mass is 296 g/mol. The van der Waals surface area contributed by atoms with E-state index in [2.05, 4.69) is 5.32 Å². The van der Waals surface area contributed by atoms with Gasteiger partial charge in [0.1, 0.15) is 0 Å². The summed E-state index contributed by atoms with van der Waals surface area (Å²) in [5.74, 6) is -8.46. The lowest BCUT2D eigenvalue weighted by atomic mass is 10.2. The van der Waals surface area contributed by atoms with Crippen LogP contribution in [-0.4, -0.2) is 23.9 Å². The van der Waals surface area contributed by atoms with Crippen LogP contribution in [0.3, 0.4) is 0 Å². The van der Waals surface area contributed by atoms with Crippen LogP contribution < -0.4 is 10.6 Å². The Labute approximate surface area is 110 Å². The van der Waals surface area contributed by atoms with Crippen molar-refractivity contribution >= 4 is 23.2 Å². The third kappa shape index (κ3) is 3.65. The van der Waals surface area contributed by atoms with Crippen LogP contribution in [-0.2, 0) is 9.59 Å². The van der Waals surface area contributed by atoms with E-state index in [4.69, 9.17) is 0 Å². The number of carbonyl (C=O) groups excluding carboxylic acids is 2. The van der Waals surface area contributed by atoms with Gasteiger partial charge in [-0.15, -0.1) is 0 Å². The molecule has 1 aromatic rings. The normalized spacial score (nSPS) is 11.9. The van der Waals surface area contributed by atoms with Crippen LogP contribution in [0.25, 0.3) is 0 Å². The Morgan fingerprint density at radius 2 is 1.50 bits per heavy atom. The number of alkyl halides is 5. The summed E-state index contributed by atoms with van der Waals surface area (Å²) in [4.78, 5) is 21.7. The lowest BCUT2D eigenvalue weighted by molar-refractivity contribution is -0.267. The van der Waals surface area contributed by atoms with E-state index in [1.165, 1.54) is 24.4 Å². The lowest BCUT2D eigenvalue weighted by Crippen LogP contribution is -2.47. The van der Waals surface area contributed by atoms with Gasteiger partial charge >= 0.3 is 18.0 Å². The number of amides is 2. The molecule has 4 nitrogen and oxygen atoms in total. The van der Waals surface area contributed by atoms with Crippen LogP contribution in [0.2, 0.25) is 0 Å². The van der Waals surface area contributed by atoms with Gasteiger partial charge in [0.2, 0.25) is 5.91 Å². The zero-order chi connectivity index (χ0) is 15.6.